The summed E-state index contributed by atoms with van der Waals surface area (Å²) >= 11 is 0. The van der Waals surface area contributed by atoms with Gasteiger partial charge in [0.05, 0.1) is 10.5 Å². The van der Waals surface area contributed by atoms with Crippen molar-refractivity contribution in [1.82, 2.24) is 9.21 Å². The number of likely N-dealkylation sites (tertiary alicyclic amines) is 1. The van der Waals surface area contributed by atoms with E-state index in [1.807, 2.05) is 0 Å². The lowest BCUT2D eigenvalue weighted by Gasteiger charge is -2.26. The van der Waals surface area contributed by atoms with E-state index < -0.39 is 16.0 Å². The van der Waals surface area contributed by atoms with E-state index in [2.05, 4.69) is 0 Å². The molecule has 2 fully saturated rings. The maximum absolute atomic E-state index is 12.5. The Kier molecular flexibility index (Phi) is 5.93. The number of amides is 1. The van der Waals surface area contributed by atoms with Crippen LogP contribution < -0.4 is 0 Å². The Labute approximate surface area is 154 Å². The normalized spacial score (nSPS) is 18.7. The Morgan fingerprint density at radius 1 is 0.885 bits per heavy atom. The van der Waals surface area contributed by atoms with Gasteiger partial charge >= 0.3 is 5.97 Å². The number of benzene rings is 1. The first-order valence-corrected chi connectivity index (χ1v) is 10.5. The fourth-order valence-corrected chi connectivity index (χ4v) is 4.80. The molecule has 26 heavy (non-hydrogen) atoms. The monoisotopic (exact) mass is 380 g/mol. The Balaban J connectivity index is 1.57. The summed E-state index contributed by atoms with van der Waals surface area (Å²) in [5.74, 6) is -0.813. The molecule has 7 nitrogen and oxygen atoms in total. The number of esters is 1. The minimum Gasteiger partial charge on any atom is -0.452 e. The fourth-order valence-electron chi connectivity index (χ4n) is 3.29. The Morgan fingerprint density at radius 2 is 1.46 bits per heavy atom. The van der Waals surface area contributed by atoms with Crippen molar-refractivity contribution in [2.75, 3.05) is 32.8 Å². The summed E-state index contributed by atoms with van der Waals surface area (Å²) in [6.07, 6.45) is 4.82. The molecule has 1 amide bonds. The van der Waals surface area contributed by atoms with Crippen LogP contribution in [-0.2, 0) is 19.6 Å². The predicted molar refractivity (Wildman–Crippen MR) is 95.1 cm³/mol. The zero-order valence-electron chi connectivity index (χ0n) is 14.7. The van der Waals surface area contributed by atoms with Crippen LogP contribution >= 0.6 is 0 Å². The predicted octanol–water partition coefficient (Wildman–Crippen LogP) is 1.64. The van der Waals surface area contributed by atoms with Crippen LogP contribution in [0.15, 0.2) is 29.2 Å². The van der Waals surface area contributed by atoms with Crippen LogP contribution in [-0.4, -0.2) is 62.3 Å². The zero-order valence-corrected chi connectivity index (χ0v) is 15.5. The van der Waals surface area contributed by atoms with E-state index in [0.717, 1.165) is 32.1 Å². The Bertz CT molecular complexity index is 748. The highest BCUT2D eigenvalue weighted by atomic mass is 32.2. The number of carbonyl (C=O) groups is 2. The minimum absolute atomic E-state index is 0.167. The van der Waals surface area contributed by atoms with Gasteiger partial charge in [-0.2, -0.15) is 4.31 Å². The first-order valence-electron chi connectivity index (χ1n) is 9.03. The van der Waals surface area contributed by atoms with E-state index in [9.17, 15) is 18.0 Å². The van der Waals surface area contributed by atoms with Gasteiger partial charge in [-0.25, -0.2) is 13.2 Å². The molecule has 0 spiro atoms. The van der Waals surface area contributed by atoms with E-state index in [1.54, 1.807) is 4.90 Å². The molecule has 8 heteroatoms. The first-order chi connectivity index (χ1) is 12.5. The molecule has 0 aliphatic carbocycles. The summed E-state index contributed by atoms with van der Waals surface area (Å²) in [5.41, 5.74) is 0.233. The maximum Gasteiger partial charge on any atom is 0.338 e. The second-order valence-electron chi connectivity index (χ2n) is 6.65. The molecule has 3 rings (SSSR count). The lowest BCUT2D eigenvalue weighted by Crippen LogP contribution is -2.38. The van der Waals surface area contributed by atoms with Gasteiger partial charge in [-0.3, -0.25) is 4.79 Å². The number of hydrogen-bond donors (Lipinski definition) is 0. The molecule has 2 aliphatic rings. The van der Waals surface area contributed by atoms with Crippen molar-refractivity contribution in [3.8, 4) is 0 Å². The smallest absolute Gasteiger partial charge is 0.338 e. The van der Waals surface area contributed by atoms with Crippen molar-refractivity contribution in [1.29, 1.82) is 0 Å². The van der Waals surface area contributed by atoms with E-state index >= 15 is 0 Å². The number of sulfonamides is 1. The third-order valence-electron chi connectivity index (χ3n) is 4.83. The quantitative estimate of drug-likeness (QED) is 0.725. The summed E-state index contributed by atoms with van der Waals surface area (Å²) in [5, 5.41) is 0. The molecule has 1 aromatic rings. The number of piperidine rings is 1. The van der Waals surface area contributed by atoms with Crippen LogP contribution in [0.25, 0.3) is 0 Å². The van der Waals surface area contributed by atoms with Gasteiger partial charge in [0.2, 0.25) is 10.0 Å². The molecule has 1 aromatic carbocycles. The van der Waals surface area contributed by atoms with E-state index in [4.69, 9.17) is 4.74 Å². The summed E-state index contributed by atoms with van der Waals surface area (Å²) in [6, 6.07) is 5.68. The van der Waals surface area contributed by atoms with Crippen LogP contribution in [0.1, 0.15) is 42.5 Å². The molecule has 142 valence electrons. The van der Waals surface area contributed by atoms with Crippen LogP contribution in [0.5, 0.6) is 0 Å². The Hall–Kier alpha value is -1.93. The highest BCUT2D eigenvalue weighted by molar-refractivity contribution is 7.89. The van der Waals surface area contributed by atoms with E-state index in [-0.39, 0.29) is 23.0 Å². The molecular formula is C18H24N2O5S. The van der Waals surface area contributed by atoms with Crippen molar-refractivity contribution in [3.63, 3.8) is 0 Å². The van der Waals surface area contributed by atoms with Gasteiger partial charge < -0.3 is 9.64 Å². The topological polar surface area (TPSA) is 84.0 Å². The molecule has 0 atom stereocenters. The highest BCUT2D eigenvalue weighted by Gasteiger charge is 2.27. The lowest BCUT2D eigenvalue weighted by atomic mass is 10.1. The van der Waals surface area contributed by atoms with Gasteiger partial charge in [-0.15, -0.1) is 0 Å². The summed E-state index contributed by atoms with van der Waals surface area (Å²) in [6.45, 7) is 2.20. The zero-order chi connectivity index (χ0) is 18.6. The molecule has 0 N–H and O–H groups in total. The SMILES string of the molecule is O=C(OCC(=O)N1CCCCC1)c1ccc(S(=O)(=O)N2CCCC2)cc1. The van der Waals surface area contributed by atoms with Gasteiger partial charge in [-0.05, 0) is 56.4 Å². The maximum atomic E-state index is 12.5. The molecule has 0 radical (unpaired) electrons. The molecule has 2 saturated heterocycles. The highest BCUT2D eigenvalue weighted by Crippen LogP contribution is 2.21. The molecule has 0 aromatic heterocycles. The summed E-state index contributed by atoms with van der Waals surface area (Å²) in [7, 11) is -3.50. The standard InChI is InChI=1S/C18H24N2O5S/c21-17(19-10-2-1-3-11-19)14-25-18(22)15-6-8-16(9-7-15)26(23,24)20-12-4-5-13-20/h6-9H,1-5,10-14H2. The second kappa shape index (κ2) is 8.18. The molecule has 0 unspecified atom stereocenters. The van der Waals surface area contributed by atoms with Crippen molar-refractivity contribution in [2.24, 2.45) is 0 Å². The van der Waals surface area contributed by atoms with E-state index in [0.29, 0.717) is 26.2 Å². The van der Waals surface area contributed by atoms with Crippen LogP contribution in [0.4, 0.5) is 0 Å². The summed E-state index contributed by atoms with van der Waals surface area (Å²) in [4.78, 5) is 26.0. The summed E-state index contributed by atoms with van der Waals surface area (Å²) < 4.78 is 31.5. The van der Waals surface area contributed by atoms with Gasteiger partial charge in [0, 0.05) is 26.2 Å². The third-order valence-corrected chi connectivity index (χ3v) is 6.74. The van der Waals surface area contributed by atoms with Crippen molar-refractivity contribution in [3.05, 3.63) is 29.8 Å². The number of carbonyl (C=O) groups excluding carboxylic acids is 2. The average Bonchev–Trinajstić information content (AvgIpc) is 3.22. The molecular weight excluding hydrogens is 356 g/mol. The van der Waals surface area contributed by atoms with Crippen molar-refractivity contribution in [2.45, 2.75) is 37.0 Å². The van der Waals surface area contributed by atoms with Crippen LogP contribution in [0, 0.1) is 0 Å². The second-order valence-corrected chi connectivity index (χ2v) is 8.59. The van der Waals surface area contributed by atoms with Crippen LogP contribution in [0.2, 0.25) is 0 Å². The molecule has 2 aliphatic heterocycles. The Morgan fingerprint density at radius 3 is 2.08 bits per heavy atom. The largest absolute Gasteiger partial charge is 0.452 e. The minimum atomic E-state index is -3.50. The number of hydrogen-bond acceptors (Lipinski definition) is 5. The van der Waals surface area contributed by atoms with Gasteiger partial charge in [0.15, 0.2) is 6.61 Å². The number of ether oxygens (including phenoxy) is 1. The van der Waals surface area contributed by atoms with Crippen LogP contribution in [0.3, 0.4) is 0 Å². The lowest BCUT2D eigenvalue weighted by molar-refractivity contribution is -0.135. The molecule has 2 heterocycles. The van der Waals surface area contributed by atoms with Crippen molar-refractivity contribution >= 4 is 21.9 Å². The molecule has 0 saturated carbocycles. The van der Waals surface area contributed by atoms with Gasteiger partial charge in [0.1, 0.15) is 0 Å². The fraction of sp³-hybridized carbons (Fsp3) is 0.556. The van der Waals surface area contributed by atoms with Gasteiger partial charge in [0.25, 0.3) is 5.91 Å². The number of rotatable bonds is 5. The average molecular weight is 380 g/mol. The van der Waals surface area contributed by atoms with Crippen molar-refractivity contribution < 1.29 is 22.7 Å². The van der Waals surface area contributed by atoms with Gasteiger partial charge in [-0.1, -0.05) is 0 Å². The molecule has 0 bridgehead atoms. The first kappa shape index (κ1) is 18.8. The van der Waals surface area contributed by atoms with E-state index in [1.165, 1.54) is 28.6 Å². The third kappa shape index (κ3) is 4.24. The number of nitrogens with zero attached hydrogens (tertiary/aromatic N) is 2.